The number of rotatable bonds is 2. The van der Waals surface area contributed by atoms with E-state index in [4.69, 9.17) is 23.1 Å². The first kappa shape index (κ1) is 11.4. The van der Waals surface area contributed by atoms with Gasteiger partial charge in [0, 0.05) is 18.8 Å². The standard InChI is InChI=1S/C10H10ClN5O/c1-16-4-5(3-14-16)9-8(12)6(10(13)17)2-7(11)15-9/h2-4H,12H2,1H3,(H2,13,17). The highest BCUT2D eigenvalue weighted by Crippen LogP contribution is 2.28. The molecule has 0 aliphatic rings. The number of nitrogens with two attached hydrogens (primary N) is 2. The SMILES string of the molecule is Cn1cc(-c2nc(Cl)cc(C(N)=O)c2N)cn1. The van der Waals surface area contributed by atoms with E-state index in [0.717, 1.165) is 0 Å². The van der Waals surface area contributed by atoms with Crippen LogP contribution in [0, 0.1) is 0 Å². The maximum absolute atomic E-state index is 11.2. The van der Waals surface area contributed by atoms with Crippen molar-refractivity contribution >= 4 is 23.2 Å². The number of aryl methyl sites for hydroxylation is 1. The van der Waals surface area contributed by atoms with E-state index >= 15 is 0 Å². The van der Waals surface area contributed by atoms with Crippen LogP contribution in [0.5, 0.6) is 0 Å². The van der Waals surface area contributed by atoms with Crippen LogP contribution >= 0.6 is 11.6 Å². The summed E-state index contributed by atoms with van der Waals surface area (Å²) in [5, 5.41) is 4.16. The van der Waals surface area contributed by atoms with Crippen molar-refractivity contribution in [1.29, 1.82) is 0 Å². The van der Waals surface area contributed by atoms with Gasteiger partial charge >= 0.3 is 0 Å². The Morgan fingerprint density at radius 2 is 2.24 bits per heavy atom. The van der Waals surface area contributed by atoms with Gasteiger partial charge in [-0.15, -0.1) is 0 Å². The number of carbonyl (C=O) groups is 1. The number of carbonyl (C=O) groups excluding carboxylic acids is 1. The van der Waals surface area contributed by atoms with Crippen molar-refractivity contribution < 1.29 is 4.79 Å². The summed E-state index contributed by atoms with van der Waals surface area (Å²) >= 11 is 5.82. The van der Waals surface area contributed by atoms with Crippen molar-refractivity contribution in [3.05, 3.63) is 29.2 Å². The molecule has 2 heterocycles. The van der Waals surface area contributed by atoms with E-state index in [-0.39, 0.29) is 16.4 Å². The average molecular weight is 252 g/mol. The lowest BCUT2D eigenvalue weighted by Gasteiger charge is -2.07. The lowest BCUT2D eigenvalue weighted by atomic mass is 10.1. The molecule has 0 saturated heterocycles. The van der Waals surface area contributed by atoms with Crippen molar-refractivity contribution in [2.75, 3.05) is 5.73 Å². The Labute approximate surface area is 102 Å². The van der Waals surface area contributed by atoms with Gasteiger partial charge in [0.05, 0.1) is 23.1 Å². The van der Waals surface area contributed by atoms with E-state index in [9.17, 15) is 4.79 Å². The first-order valence-corrected chi connectivity index (χ1v) is 5.11. The summed E-state index contributed by atoms with van der Waals surface area (Å²) in [7, 11) is 1.76. The lowest BCUT2D eigenvalue weighted by Crippen LogP contribution is -2.14. The minimum absolute atomic E-state index is 0.156. The molecule has 0 aliphatic heterocycles. The van der Waals surface area contributed by atoms with Crippen molar-refractivity contribution in [2.24, 2.45) is 12.8 Å². The topological polar surface area (TPSA) is 99.8 Å². The monoisotopic (exact) mass is 251 g/mol. The number of hydrogen-bond acceptors (Lipinski definition) is 4. The quantitative estimate of drug-likeness (QED) is 0.772. The first-order valence-electron chi connectivity index (χ1n) is 4.74. The summed E-state index contributed by atoms with van der Waals surface area (Å²) in [5.74, 6) is -0.642. The normalized spacial score (nSPS) is 10.5. The van der Waals surface area contributed by atoms with Gasteiger partial charge in [-0.3, -0.25) is 9.48 Å². The molecule has 88 valence electrons. The van der Waals surface area contributed by atoms with E-state index in [1.807, 2.05) is 0 Å². The fraction of sp³-hybridized carbons (Fsp3) is 0.100. The van der Waals surface area contributed by atoms with E-state index in [2.05, 4.69) is 10.1 Å². The van der Waals surface area contributed by atoms with Crippen LogP contribution < -0.4 is 11.5 Å². The van der Waals surface area contributed by atoms with Gasteiger partial charge in [0.25, 0.3) is 5.91 Å². The molecule has 1 amide bonds. The second-order valence-corrected chi connectivity index (χ2v) is 3.91. The number of hydrogen-bond donors (Lipinski definition) is 2. The molecule has 2 rings (SSSR count). The molecule has 0 unspecified atom stereocenters. The Bertz CT molecular complexity index is 592. The predicted molar refractivity (Wildman–Crippen MR) is 64.4 cm³/mol. The molecule has 0 radical (unpaired) electrons. The summed E-state index contributed by atoms with van der Waals surface area (Å²) < 4.78 is 1.60. The van der Waals surface area contributed by atoms with E-state index < -0.39 is 5.91 Å². The molecular weight excluding hydrogens is 242 g/mol. The lowest BCUT2D eigenvalue weighted by molar-refractivity contribution is 0.100. The highest BCUT2D eigenvalue weighted by atomic mass is 35.5. The highest BCUT2D eigenvalue weighted by molar-refractivity contribution is 6.30. The number of anilines is 1. The van der Waals surface area contributed by atoms with Gasteiger partial charge in [0.2, 0.25) is 0 Å². The zero-order valence-electron chi connectivity index (χ0n) is 9.01. The first-order chi connectivity index (χ1) is 7.99. The van der Waals surface area contributed by atoms with Crippen molar-refractivity contribution in [3.8, 4) is 11.3 Å². The van der Waals surface area contributed by atoms with Crippen LogP contribution in [0.2, 0.25) is 5.15 Å². The van der Waals surface area contributed by atoms with Gasteiger partial charge in [0.15, 0.2) is 0 Å². The third-order valence-corrected chi connectivity index (χ3v) is 2.46. The second-order valence-electron chi connectivity index (χ2n) is 3.52. The summed E-state index contributed by atoms with van der Waals surface area (Å²) in [6.45, 7) is 0. The molecule has 2 aromatic rings. The van der Waals surface area contributed by atoms with Gasteiger partial charge in [0.1, 0.15) is 5.15 Å². The number of pyridine rings is 1. The average Bonchev–Trinajstić information content (AvgIpc) is 2.67. The van der Waals surface area contributed by atoms with Crippen molar-refractivity contribution in [1.82, 2.24) is 14.8 Å². The number of amides is 1. The molecule has 6 nitrogen and oxygen atoms in total. The zero-order valence-corrected chi connectivity index (χ0v) is 9.77. The number of nitrogen functional groups attached to an aromatic ring is 1. The highest BCUT2D eigenvalue weighted by Gasteiger charge is 2.15. The predicted octanol–water partition coefficient (Wildman–Crippen LogP) is 0.817. The Hall–Kier alpha value is -2.08. The minimum atomic E-state index is -0.642. The van der Waals surface area contributed by atoms with Crippen LogP contribution in [-0.4, -0.2) is 20.7 Å². The van der Waals surface area contributed by atoms with Crippen LogP contribution in [0.4, 0.5) is 5.69 Å². The summed E-state index contributed by atoms with van der Waals surface area (Å²) in [5.41, 5.74) is 12.5. The molecular formula is C10H10ClN5O. The molecule has 0 spiro atoms. The maximum Gasteiger partial charge on any atom is 0.250 e. The van der Waals surface area contributed by atoms with Crippen LogP contribution in [-0.2, 0) is 7.05 Å². The van der Waals surface area contributed by atoms with Crippen LogP contribution in [0.3, 0.4) is 0 Å². The molecule has 0 aromatic carbocycles. The Morgan fingerprint density at radius 3 is 2.76 bits per heavy atom. The van der Waals surface area contributed by atoms with Crippen molar-refractivity contribution in [2.45, 2.75) is 0 Å². The number of halogens is 1. The van der Waals surface area contributed by atoms with E-state index in [1.165, 1.54) is 6.07 Å². The molecule has 0 atom stereocenters. The molecule has 0 saturated carbocycles. The molecule has 0 fully saturated rings. The molecule has 2 aromatic heterocycles. The van der Waals surface area contributed by atoms with Gasteiger partial charge < -0.3 is 11.5 Å². The van der Waals surface area contributed by atoms with Gasteiger partial charge in [-0.1, -0.05) is 11.6 Å². The largest absolute Gasteiger partial charge is 0.396 e. The molecule has 4 N–H and O–H groups in total. The Morgan fingerprint density at radius 1 is 1.53 bits per heavy atom. The van der Waals surface area contributed by atoms with Gasteiger partial charge in [-0.25, -0.2) is 4.98 Å². The smallest absolute Gasteiger partial charge is 0.250 e. The Balaban J connectivity index is 2.66. The zero-order chi connectivity index (χ0) is 12.6. The fourth-order valence-corrected chi connectivity index (χ4v) is 1.68. The maximum atomic E-state index is 11.2. The van der Waals surface area contributed by atoms with Crippen LogP contribution in [0.15, 0.2) is 18.5 Å². The minimum Gasteiger partial charge on any atom is -0.396 e. The fourth-order valence-electron chi connectivity index (χ4n) is 1.49. The molecule has 0 bridgehead atoms. The number of nitrogens with zero attached hydrogens (tertiary/aromatic N) is 3. The van der Waals surface area contributed by atoms with Crippen LogP contribution in [0.25, 0.3) is 11.3 Å². The van der Waals surface area contributed by atoms with Crippen molar-refractivity contribution in [3.63, 3.8) is 0 Å². The summed E-state index contributed by atoms with van der Waals surface area (Å²) in [6, 6.07) is 1.35. The third-order valence-electron chi connectivity index (χ3n) is 2.27. The number of primary amides is 1. The van der Waals surface area contributed by atoms with Gasteiger partial charge in [-0.05, 0) is 6.07 Å². The van der Waals surface area contributed by atoms with E-state index in [1.54, 1.807) is 24.1 Å². The molecule has 7 heteroatoms. The third kappa shape index (κ3) is 2.07. The van der Waals surface area contributed by atoms with Gasteiger partial charge in [-0.2, -0.15) is 5.10 Å². The molecule has 0 aliphatic carbocycles. The summed E-state index contributed by atoms with van der Waals surface area (Å²) in [4.78, 5) is 15.3. The number of aromatic nitrogens is 3. The Kier molecular flexibility index (Phi) is 2.72. The van der Waals surface area contributed by atoms with E-state index in [0.29, 0.717) is 11.3 Å². The van der Waals surface area contributed by atoms with Crippen LogP contribution in [0.1, 0.15) is 10.4 Å². The molecule has 17 heavy (non-hydrogen) atoms. The summed E-state index contributed by atoms with van der Waals surface area (Å²) in [6.07, 6.45) is 3.31. The second kappa shape index (κ2) is 4.06.